The number of likely N-dealkylation sites (tertiary alicyclic amines) is 1. The van der Waals surface area contributed by atoms with Crippen molar-refractivity contribution in [3.8, 4) is 5.75 Å². The number of hydrogen-bond donors (Lipinski definition) is 2. The lowest BCUT2D eigenvalue weighted by atomic mass is 9.73. The summed E-state index contributed by atoms with van der Waals surface area (Å²) in [4.78, 5) is 18.7. The largest absolute Gasteiger partial charge is 0.497 e. The van der Waals surface area contributed by atoms with Gasteiger partial charge in [-0.1, -0.05) is 0 Å². The fraction of sp³-hybridized carbons (Fsp3) is 0.448. The van der Waals surface area contributed by atoms with Crippen molar-refractivity contribution in [3.63, 3.8) is 0 Å². The molecular weight excluding hydrogens is 516 g/mol. The van der Waals surface area contributed by atoms with Crippen LogP contribution in [0.3, 0.4) is 0 Å². The van der Waals surface area contributed by atoms with Gasteiger partial charge in [0.2, 0.25) is 0 Å². The maximum absolute atomic E-state index is 13.8. The van der Waals surface area contributed by atoms with Crippen molar-refractivity contribution in [1.82, 2.24) is 9.88 Å². The van der Waals surface area contributed by atoms with E-state index in [0.29, 0.717) is 73.1 Å². The molecule has 1 aliphatic heterocycles. The number of carboxylic acids is 1. The second-order valence-electron chi connectivity index (χ2n) is 10.2. The van der Waals surface area contributed by atoms with Crippen LogP contribution in [0, 0.1) is 22.9 Å². The zero-order chi connectivity index (χ0) is 28.2. The maximum Gasteiger partial charge on any atom is 0.309 e. The third-order valence-electron chi connectivity index (χ3n) is 7.82. The molecule has 6 nitrogen and oxygen atoms in total. The lowest BCUT2D eigenvalue weighted by molar-refractivity contribution is -0.153. The average Bonchev–Trinajstić information content (AvgIpc) is 2.94. The number of halogens is 4. The van der Waals surface area contributed by atoms with Crippen LogP contribution in [0.5, 0.6) is 5.75 Å². The van der Waals surface area contributed by atoms with Gasteiger partial charge in [0.15, 0.2) is 17.5 Å². The molecule has 1 saturated heterocycles. The smallest absolute Gasteiger partial charge is 0.309 e. The number of benzene rings is 2. The van der Waals surface area contributed by atoms with E-state index in [9.17, 15) is 32.6 Å². The van der Waals surface area contributed by atoms with Crippen LogP contribution < -0.4 is 4.74 Å². The average molecular weight is 549 g/mol. The second-order valence-corrected chi connectivity index (χ2v) is 10.2. The number of nitrogens with zero attached hydrogens (tertiary/aromatic N) is 2. The van der Waals surface area contributed by atoms with E-state index in [1.165, 1.54) is 13.3 Å². The highest BCUT2D eigenvalue weighted by atomic mass is 19.2. The number of ether oxygens (including phenoxy) is 1. The lowest BCUT2D eigenvalue weighted by Crippen LogP contribution is -2.44. The first-order valence-electron chi connectivity index (χ1n) is 13.0. The number of piperidine rings is 1. The summed E-state index contributed by atoms with van der Waals surface area (Å²) in [5.74, 6) is -4.30. The number of carbonyl (C=O) groups is 1. The van der Waals surface area contributed by atoms with Crippen molar-refractivity contribution in [2.45, 2.75) is 51.3 Å². The van der Waals surface area contributed by atoms with Crippen molar-refractivity contribution in [3.05, 3.63) is 70.7 Å². The monoisotopic (exact) mass is 548 g/mol. The summed E-state index contributed by atoms with van der Waals surface area (Å²) in [6.07, 6.45) is 2.34. The summed E-state index contributed by atoms with van der Waals surface area (Å²) in [5.41, 5.74) is 0.564. The molecule has 0 spiro atoms. The first-order chi connectivity index (χ1) is 18.7. The molecule has 0 radical (unpaired) electrons. The van der Waals surface area contributed by atoms with E-state index in [-0.39, 0.29) is 18.4 Å². The van der Waals surface area contributed by atoms with Gasteiger partial charge in [0, 0.05) is 17.1 Å². The van der Waals surface area contributed by atoms with E-state index >= 15 is 0 Å². The van der Waals surface area contributed by atoms with Crippen molar-refractivity contribution in [1.29, 1.82) is 0 Å². The van der Waals surface area contributed by atoms with Crippen LogP contribution in [-0.4, -0.2) is 52.8 Å². The number of carboxylic acid groups (broad SMARTS) is 1. The molecule has 210 valence electrons. The van der Waals surface area contributed by atoms with Gasteiger partial charge < -0.3 is 19.8 Å². The topological polar surface area (TPSA) is 82.9 Å². The Morgan fingerprint density at radius 3 is 2.46 bits per heavy atom. The Labute approximate surface area is 224 Å². The van der Waals surface area contributed by atoms with Gasteiger partial charge in [0.25, 0.3) is 0 Å². The fourth-order valence-corrected chi connectivity index (χ4v) is 5.45. The molecule has 0 bridgehead atoms. The molecule has 39 heavy (non-hydrogen) atoms. The Hall–Kier alpha value is -3.24. The molecule has 3 aromatic rings. The summed E-state index contributed by atoms with van der Waals surface area (Å²) in [6.45, 7) is 0.811. The molecule has 2 heterocycles. The predicted molar refractivity (Wildman–Crippen MR) is 138 cm³/mol. The van der Waals surface area contributed by atoms with Crippen molar-refractivity contribution in [2.75, 3.05) is 26.7 Å². The lowest BCUT2D eigenvalue weighted by Gasteiger charge is -2.39. The number of aryl methyl sites for hydroxylation is 1. The number of alkyl halides is 1. The number of aliphatic carboxylic acids is 1. The van der Waals surface area contributed by atoms with E-state index in [2.05, 4.69) is 9.88 Å². The Balaban J connectivity index is 1.38. The predicted octanol–water partition coefficient (Wildman–Crippen LogP) is 5.74. The number of aromatic nitrogens is 1. The number of methoxy groups -OCH3 is 1. The van der Waals surface area contributed by atoms with Crippen LogP contribution in [0.15, 0.2) is 36.5 Å². The van der Waals surface area contributed by atoms with Gasteiger partial charge in [-0.2, -0.15) is 0 Å². The molecule has 1 fully saturated rings. The van der Waals surface area contributed by atoms with E-state index in [1.807, 2.05) is 0 Å². The van der Waals surface area contributed by atoms with E-state index in [1.54, 1.807) is 18.2 Å². The minimum absolute atomic E-state index is 0.136. The van der Waals surface area contributed by atoms with Crippen LogP contribution in [0.25, 0.3) is 10.9 Å². The second kappa shape index (κ2) is 12.3. The molecule has 10 heteroatoms. The molecule has 0 unspecified atom stereocenters. The minimum atomic E-state index is -1.48. The van der Waals surface area contributed by atoms with Crippen LogP contribution in [0.1, 0.15) is 54.9 Å². The number of hydrogen-bond acceptors (Lipinski definition) is 5. The first-order valence-corrected chi connectivity index (χ1v) is 13.0. The SMILES string of the molecule is COc1ccc2ncc(CF)c([C@H](O)CCC3(C(=O)O)CCN(CCCc4cc(F)c(F)c(F)c4)CC3)c2c1. The number of aliphatic hydroxyl groups is 1. The zero-order valence-electron chi connectivity index (χ0n) is 21.7. The molecule has 1 aliphatic rings. The van der Waals surface area contributed by atoms with Gasteiger partial charge >= 0.3 is 5.97 Å². The highest BCUT2D eigenvalue weighted by Crippen LogP contribution is 2.40. The van der Waals surface area contributed by atoms with Gasteiger partial charge in [-0.25, -0.2) is 17.6 Å². The fourth-order valence-electron chi connectivity index (χ4n) is 5.45. The van der Waals surface area contributed by atoms with Gasteiger partial charge in [0.1, 0.15) is 12.4 Å². The Kier molecular flexibility index (Phi) is 9.07. The number of fused-ring (bicyclic) bond motifs is 1. The van der Waals surface area contributed by atoms with E-state index < -0.39 is 41.6 Å². The Morgan fingerprint density at radius 1 is 1.15 bits per heavy atom. The summed E-state index contributed by atoms with van der Waals surface area (Å²) >= 11 is 0. The van der Waals surface area contributed by atoms with E-state index in [0.717, 1.165) is 12.1 Å². The highest BCUT2D eigenvalue weighted by molar-refractivity contribution is 5.85. The highest BCUT2D eigenvalue weighted by Gasteiger charge is 2.41. The molecule has 2 N–H and O–H groups in total. The minimum Gasteiger partial charge on any atom is -0.497 e. The first kappa shape index (κ1) is 28.8. The van der Waals surface area contributed by atoms with Crippen LogP contribution in [-0.2, 0) is 17.9 Å². The molecule has 0 aliphatic carbocycles. The molecule has 0 saturated carbocycles. The summed E-state index contributed by atoms with van der Waals surface area (Å²) < 4.78 is 59.2. The quantitative estimate of drug-likeness (QED) is 0.235. The number of rotatable bonds is 11. The molecular formula is C29H32F4N2O4. The van der Waals surface area contributed by atoms with Gasteiger partial charge in [-0.05, 0) is 99.6 Å². The Bertz CT molecular complexity index is 1300. The van der Waals surface area contributed by atoms with Crippen LogP contribution >= 0.6 is 0 Å². The summed E-state index contributed by atoms with van der Waals surface area (Å²) in [7, 11) is 1.51. The Morgan fingerprint density at radius 2 is 1.85 bits per heavy atom. The number of pyridine rings is 1. The van der Waals surface area contributed by atoms with Crippen LogP contribution in [0.4, 0.5) is 17.6 Å². The standard InChI is InChI=1S/C29H32F4N2O4/c1-39-20-4-5-24-21(15-20)26(19(16-30)17-34-24)25(36)6-7-29(28(37)38)8-11-35(12-9-29)10-2-3-18-13-22(31)27(33)23(32)14-18/h4-5,13-15,17,25,36H,2-3,6-12,16H2,1H3,(H,37,38)/t25-/m1/s1. The summed E-state index contributed by atoms with van der Waals surface area (Å²) in [5, 5.41) is 21.8. The van der Waals surface area contributed by atoms with E-state index in [4.69, 9.17) is 4.74 Å². The molecule has 2 aromatic carbocycles. The number of aliphatic hydroxyl groups excluding tert-OH is 1. The third kappa shape index (κ3) is 6.33. The van der Waals surface area contributed by atoms with Crippen LogP contribution in [0.2, 0.25) is 0 Å². The molecule has 0 amide bonds. The summed E-state index contributed by atoms with van der Waals surface area (Å²) in [6, 6.07) is 7.13. The van der Waals surface area contributed by atoms with Crippen molar-refractivity contribution < 1.29 is 37.3 Å². The van der Waals surface area contributed by atoms with Gasteiger partial charge in [-0.15, -0.1) is 0 Å². The van der Waals surface area contributed by atoms with Crippen molar-refractivity contribution >= 4 is 16.9 Å². The normalized spacial score (nSPS) is 16.4. The molecule has 1 atom stereocenters. The molecule has 1 aromatic heterocycles. The van der Waals surface area contributed by atoms with Crippen molar-refractivity contribution in [2.24, 2.45) is 5.41 Å². The zero-order valence-corrected chi connectivity index (χ0v) is 21.7. The van der Waals surface area contributed by atoms with Gasteiger partial charge in [0.05, 0.1) is 24.1 Å². The molecule has 4 rings (SSSR count). The van der Waals surface area contributed by atoms with Gasteiger partial charge in [-0.3, -0.25) is 9.78 Å². The third-order valence-corrected chi connectivity index (χ3v) is 7.82. The maximum atomic E-state index is 13.8.